The molecule has 0 spiro atoms. The molecule has 1 aliphatic heterocycles. The molecule has 0 bridgehead atoms. The number of ether oxygens (including phenoxy) is 2. The highest BCUT2D eigenvalue weighted by atomic mass is 16.5. The number of Topliss-reactive ketones (excluding diaryl/α,β-unsaturated/α-hetero) is 1. The van der Waals surface area contributed by atoms with E-state index in [9.17, 15) is 9.59 Å². The van der Waals surface area contributed by atoms with E-state index < -0.39 is 5.97 Å². The molecular weight excluding hydrogens is 280 g/mol. The van der Waals surface area contributed by atoms with Gasteiger partial charge in [-0.05, 0) is 24.3 Å². The van der Waals surface area contributed by atoms with E-state index in [0.717, 1.165) is 10.8 Å². The third kappa shape index (κ3) is 3.34. The fraction of sp³-hybridized carbons (Fsp3) is 0.333. The summed E-state index contributed by atoms with van der Waals surface area (Å²) in [5.41, 5.74) is 0. The van der Waals surface area contributed by atoms with Gasteiger partial charge in [-0.1, -0.05) is 36.4 Å². The Balaban J connectivity index is 1.67. The van der Waals surface area contributed by atoms with Gasteiger partial charge in [-0.2, -0.15) is 0 Å². The number of rotatable bonds is 4. The molecule has 22 heavy (non-hydrogen) atoms. The summed E-state index contributed by atoms with van der Waals surface area (Å²) in [4.78, 5) is 24.1. The largest absolute Gasteiger partial charge is 0.426 e. The number of esters is 1. The first-order valence-electron chi connectivity index (χ1n) is 7.53. The Labute approximate surface area is 129 Å². The van der Waals surface area contributed by atoms with E-state index >= 15 is 0 Å². The Hall–Kier alpha value is -2.20. The number of fused-ring (bicyclic) bond motifs is 1. The highest BCUT2D eigenvalue weighted by Gasteiger charge is 2.24. The summed E-state index contributed by atoms with van der Waals surface area (Å²) in [5.74, 6) is -0.113. The minimum atomic E-state index is -0.493. The Morgan fingerprint density at radius 1 is 1.05 bits per heavy atom. The molecule has 0 saturated carbocycles. The monoisotopic (exact) mass is 298 g/mol. The quantitative estimate of drug-likeness (QED) is 0.494. The number of carbonyl (C=O) groups excluding carboxylic acids is 2. The lowest BCUT2D eigenvalue weighted by molar-refractivity contribution is -0.140. The summed E-state index contributed by atoms with van der Waals surface area (Å²) in [6, 6.07) is 13.2. The van der Waals surface area contributed by atoms with Gasteiger partial charge in [0.2, 0.25) is 0 Å². The van der Waals surface area contributed by atoms with Crippen LogP contribution in [0.15, 0.2) is 42.5 Å². The van der Waals surface area contributed by atoms with Crippen LogP contribution in [0.3, 0.4) is 0 Å². The standard InChI is InChI=1S/C18H18O4/c19-16(14-8-10-21-11-9-14)12-18(20)22-17-7-3-5-13-4-1-2-6-15(13)17/h1-7,14H,8-12H2. The van der Waals surface area contributed by atoms with Crippen LogP contribution < -0.4 is 4.74 Å². The average molecular weight is 298 g/mol. The van der Waals surface area contributed by atoms with Gasteiger partial charge in [0.05, 0.1) is 0 Å². The first kappa shape index (κ1) is 14.7. The molecule has 0 amide bonds. The minimum Gasteiger partial charge on any atom is -0.426 e. The van der Waals surface area contributed by atoms with Crippen molar-refractivity contribution in [2.75, 3.05) is 13.2 Å². The lowest BCUT2D eigenvalue weighted by Crippen LogP contribution is -2.26. The summed E-state index contributed by atoms with van der Waals surface area (Å²) < 4.78 is 10.6. The molecule has 4 nitrogen and oxygen atoms in total. The molecule has 1 aliphatic rings. The van der Waals surface area contributed by atoms with Crippen LogP contribution >= 0.6 is 0 Å². The first-order chi connectivity index (χ1) is 10.7. The van der Waals surface area contributed by atoms with Crippen molar-refractivity contribution in [3.63, 3.8) is 0 Å². The van der Waals surface area contributed by atoms with Crippen LogP contribution in [0.2, 0.25) is 0 Å². The third-order valence-electron chi connectivity index (χ3n) is 3.97. The lowest BCUT2D eigenvalue weighted by Gasteiger charge is -2.20. The number of carbonyl (C=O) groups is 2. The topological polar surface area (TPSA) is 52.6 Å². The molecule has 1 fully saturated rings. The van der Waals surface area contributed by atoms with Gasteiger partial charge in [0.15, 0.2) is 0 Å². The van der Waals surface area contributed by atoms with E-state index in [2.05, 4.69) is 0 Å². The SMILES string of the molecule is O=C(CC(=O)C1CCOCC1)Oc1cccc2ccccc12. The molecular formula is C18H18O4. The number of hydrogen-bond donors (Lipinski definition) is 0. The van der Waals surface area contributed by atoms with Gasteiger partial charge in [0.25, 0.3) is 0 Å². The molecule has 0 N–H and O–H groups in total. The second kappa shape index (κ2) is 6.71. The molecule has 1 heterocycles. The molecule has 4 heteroatoms. The predicted molar refractivity (Wildman–Crippen MR) is 82.8 cm³/mol. The Kier molecular flexibility index (Phi) is 4.49. The first-order valence-corrected chi connectivity index (χ1v) is 7.53. The van der Waals surface area contributed by atoms with Crippen molar-refractivity contribution in [3.8, 4) is 5.75 Å². The predicted octanol–water partition coefficient (Wildman–Crippen LogP) is 3.13. The van der Waals surface area contributed by atoms with Gasteiger partial charge in [-0.25, -0.2) is 0 Å². The van der Waals surface area contributed by atoms with E-state index in [1.807, 2.05) is 36.4 Å². The lowest BCUT2D eigenvalue weighted by atomic mass is 9.94. The zero-order chi connectivity index (χ0) is 15.4. The van der Waals surface area contributed by atoms with Gasteiger partial charge in [0, 0.05) is 24.5 Å². The van der Waals surface area contributed by atoms with Gasteiger partial charge in [0.1, 0.15) is 18.0 Å². The normalized spacial score (nSPS) is 15.6. The molecule has 3 rings (SSSR count). The number of hydrogen-bond acceptors (Lipinski definition) is 4. The molecule has 0 atom stereocenters. The van der Waals surface area contributed by atoms with Crippen molar-refractivity contribution in [2.45, 2.75) is 19.3 Å². The maximum Gasteiger partial charge on any atom is 0.318 e. The second-order valence-electron chi connectivity index (χ2n) is 5.48. The molecule has 0 radical (unpaired) electrons. The van der Waals surface area contributed by atoms with Crippen LogP contribution in [0.1, 0.15) is 19.3 Å². The van der Waals surface area contributed by atoms with Crippen LogP contribution in [-0.4, -0.2) is 25.0 Å². The van der Waals surface area contributed by atoms with Gasteiger partial charge in [-0.3, -0.25) is 9.59 Å². The summed E-state index contributed by atoms with van der Waals surface area (Å²) in [6.07, 6.45) is 1.22. The van der Waals surface area contributed by atoms with Crippen molar-refractivity contribution in [1.29, 1.82) is 0 Å². The van der Waals surface area contributed by atoms with Crippen LogP contribution in [-0.2, 0) is 14.3 Å². The Morgan fingerprint density at radius 2 is 1.77 bits per heavy atom. The van der Waals surface area contributed by atoms with Crippen molar-refractivity contribution >= 4 is 22.5 Å². The van der Waals surface area contributed by atoms with E-state index in [-0.39, 0.29) is 18.1 Å². The van der Waals surface area contributed by atoms with Gasteiger partial charge in [-0.15, -0.1) is 0 Å². The fourth-order valence-electron chi connectivity index (χ4n) is 2.75. The summed E-state index contributed by atoms with van der Waals surface area (Å²) in [7, 11) is 0. The van der Waals surface area contributed by atoms with Crippen molar-refractivity contribution in [2.24, 2.45) is 5.92 Å². The fourth-order valence-corrected chi connectivity index (χ4v) is 2.75. The third-order valence-corrected chi connectivity index (χ3v) is 3.97. The zero-order valence-electron chi connectivity index (χ0n) is 12.3. The maximum absolute atomic E-state index is 12.1. The van der Waals surface area contributed by atoms with Crippen LogP contribution in [0.4, 0.5) is 0 Å². The highest BCUT2D eigenvalue weighted by Crippen LogP contribution is 2.26. The molecule has 114 valence electrons. The zero-order valence-corrected chi connectivity index (χ0v) is 12.3. The summed E-state index contributed by atoms with van der Waals surface area (Å²) in [5, 5.41) is 1.88. The van der Waals surface area contributed by atoms with Gasteiger partial charge < -0.3 is 9.47 Å². The summed E-state index contributed by atoms with van der Waals surface area (Å²) in [6.45, 7) is 1.18. The van der Waals surface area contributed by atoms with Gasteiger partial charge >= 0.3 is 5.97 Å². The molecule has 0 aromatic heterocycles. The Bertz CT molecular complexity index is 681. The van der Waals surface area contributed by atoms with Crippen LogP contribution in [0.25, 0.3) is 10.8 Å². The molecule has 2 aromatic carbocycles. The van der Waals surface area contributed by atoms with Crippen molar-refractivity contribution in [3.05, 3.63) is 42.5 Å². The van der Waals surface area contributed by atoms with Crippen molar-refractivity contribution in [1.82, 2.24) is 0 Å². The molecule has 0 unspecified atom stereocenters. The summed E-state index contributed by atoms with van der Waals surface area (Å²) >= 11 is 0. The van der Waals surface area contributed by atoms with Crippen LogP contribution in [0.5, 0.6) is 5.75 Å². The molecule has 1 saturated heterocycles. The molecule has 2 aromatic rings. The minimum absolute atomic E-state index is 0.0477. The van der Waals surface area contributed by atoms with E-state index in [1.165, 1.54) is 0 Å². The van der Waals surface area contributed by atoms with E-state index in [1.54, 1.807) is 6.07 Å². The maximum atomic E-state index is 12.1. The second-order valence-corrected chi connectivity index (χ2v) is 5.48. The van der Waals surface area contributed by atoms with Crippen LogP contribution in [0, 0.1) is 5.92 Å². The van der Waals surface area contributed by atoms with Crippen molar-refractivity contribution < 1.29 is 19.1 Å². The Morgan fingerprint density at radius 3 is 2.59 bits per heavy atom. The average Bonchev–Trinajstić information content (AvgIpc) is 2.56. The molecule has 0 aliphatic carbocycles. The number of benzene rings is 2. The number of ketones is 1. The van der Waals surface area contributed by atoms with E-state index in [4.69, 9.17) is 9.47 Å². The highest BCUT2D eigenvalue weighted by molar-refractivity contribution is 5.99. The smallest absolute Gasteiger partial charge is 0.318 e. The van der Waals surface area contributed by atoms with E-state index in [0.29, 0.717) is 31.8 Å².